The summed E-state index contributed by atoms with van der Waals surface area (Å²) in [5.74, 6) is 1.07. The largest absolute Gasteiger partial charge is 0.311 e. The van der Waals surface area contributed by atoms with Gasteiger partial charge in [0.25, 0.3) is 0 Å². The van der Waals surface area contributed by atoms with Gasteiger partial charge in [-0.15, -0.1) is 0 Å². The van der Waals surface area contributed by atoms with E-state index < -0.39 is 0 Å². The van der Waals surface area contributed by atoms with Crippen LogP contribution in [-0.2, 0) is 11.3 Å². The van der Waals surface area contributed by atoms with Crippen molar-refractivity contribution in [3.05, 3.63) is 46.6 Å². The summed E-state index contributed by atoms with van der Waals surface area (Å²) in [4.78, 5) is 11.8. The monoisotopic (exact) mass is 319 g/mol. The minimum atomic E-state index is 0.107. The molecule has 4 nitrogen and oxygen atoms in total. The van der Waals surface area contributed by atoms with Crippen LogP contribution in [0, 0.1) is 5.92 Å². The van der Waals surface area contributed by atoms with E-state index in [2.05, 4.69) is 26.3 Å². The molecule has 0 spiro atoms. The smallest absolute Gasteiger partial charge is 0.228 e. The van der Waals surface area contributed by atoms with E-state index in [1.54, 1.807) is 6.20 Å². The molecule has 1 N–H and O–H groups in total. The highest BCUT2D eigenvalue weighted by Crippen LogP contribution is 2.30. The van der Waals surface area contributed by atoms with Crippen molar-refractivity contribution in [1.82, 2.24) is 9.78 Å². The van der Waals surface area contributed by atoms with E-state index in [-0.39, 0.29) is 11.8 Å². The standard InChI is InChI=1S/C14H14BrN3O/c15-12-3-1-2-10(8-12)9-18-13(6-7-16-18)17-14(19)11-4-5-11/h1-3,6-8,11H,4-5,9H2,(H,17,19). The van der Waals surface area contributed by atoms with Crippen LogP contribution in [0.2, 0.25) is 0 Å². The van der Waals surface area contributed by atoms with Crippen molar-refractivity contribution in [3.8, 4) is 0 Å². The van der Waals surface area contributed by atoms with Crippen LogP contribution >= 0.6 is 15.9 Å². The molecule has 1 aliphatic rings. The second-order valence-corrected chi connectivity index (χ2v) is 5.68. The Bertz CT molecular complexity index is 604. The molecule has 19 heavy (non-hydrogen) atoms. The van der Waals surface area contributed by atoms with Crippen LogP contribution in [0.4, 0.5) is 5.82 Å². The summed E-state index contributed by atoms with van der Waals surface area (Å²) in [6.07, 6.45) is 3.72. The Hall–Kier alpha value is -1.62. The number of hydrogen-bond donors (Lipinski definition) is 1. The second kappa shape index (κ2) is 5.17. The fourth-order valence-electron chi connectivity index (χ4n) is 1.95. The third-order valence-corrected chi connectivity index (χ3v) is 3.63. The van der Waals surface area contributed by atoms with Crippen LogP contribution in [0.1, 0.15) is 18.4 Å². The van der Waals surface area contributed by atoms with Crippen molar-refractivity contribution >= 4 is 27.7 Å². The topological polar surface area (TPSA) is 46.9 Å². The summed E-state index contributed by atoms with van der Waals surface area (Å²) in [7, 11) is 0. The molecule has 0 unspecified atom stereocenters. The zero-order valence-electron chi connectivity index (χ0n) is 10.3. The molecule has 0 aliphatic heterocycles. The van der Waals surface area contributed by atoms with Gasteiger partial charge in [-0.05, 0) is 30.5 Å². The third-order valence-electron chi connectivity index (χ3n) is 3.14. The predicted octanol–water partition coefficient (Wildman–Crippen LogP) is 3.04. The van der Waals surface area contributed by atoms with E-state index in [1.807, 2.05) is 35.0 Å². The summed E-state index contributed by atoms with van der Waals surface area (Å²) in [5.41, 5.74) is 1.14. The first-order valence-electron chi connectivity index (χ1n) is 6.29. The number of anilines is 1. The van der Waals surface area contributed by atoms with Crippen molar-refractivity contribution in [1.29, 1.82) is 0 Å². The molecular formula is C14H14BrN3O. The molecule has 5 heteroatoms. The maximum absolute atomic E-state index is 11.8. The quantitative estimate of drug-likeness (QED) is 0.941. The first-order chi connectivity index (χ1) is 9.22. The van der Waals surface area contributed by atoms with Gasteiger partial charge in [0.1, 0.15) is 5.82 Å². The Morgan fingerprint density at radius 1 is 1.42 bits per heavy atom. The van der Waals surface area contributed by atoms with Gasteiger partial charge >= 0.3 is 0 Å². The molecule has 0 radical (unpaired) electrons. The number of aromatic nitrogens is 2. The maximum atomic E-state index is 11.8. The molecule has 2 aromatic rings. The molecule has 3 rings (SSSR count). The van der Waals surface area contributed by atoms with E-state index >= 15 is 0 Å². The van der Waals surface area contributed by atoms with E-state index in [1.165, 1.54) is 0 Å². The lowest BCUT2D eigenvalue weighted by Crippen LogP contribution is -2.17. The summed E-state index contributed by atoms with van der Waals surface area (Å²) in [6, 6.07) is 9.90. The molecule has 1 aromatic carbocycles. The molecule has 0 bridgehead atoms. The Balaban J connectivity index is 1.74. The number of amides is 1. The third kappa shape index (κ3) is 3.04. The van der Waals surface area contributed by atoms with E-state index in [9.17, 15) is 4.79 Å². The zero-order chi connectivity index (χ0) is 13.2. The molecule has 1 aromatic heterocycles. The molecule has 1 amide bonds. The van der Waals surface area contributed by atoms with Crippen molar-refractivity contribution in [2.75, 3.05) is 5.32 Å². The van der Waals surface area contributed by atoms with Gasteiger partial charge in [0.05, 0.1) is 12.7 Å². The molecule has 98 valence electrons. The number of benzene rings is 1. The molecule has 1 heterocycles. The van der Waals surface area contributed by atoms with Crippen molar-refractivity contribution in [3.63, 3.8) is 0 Å². The van der Waals surface area contributed by atoms with Crippen molar-refractivity contribution < 1.29 is 4.79 Å². The van der Waals surface area contributed by atoms with Crippen molar-refractivity contribution in [2.45, 2.75) is 19.4 Å². The van der Waals surface area contributed by atoms with Gasteiger partial charge in [-0.2, -0.15) is 5.10 Å². The summed E-state index contributed by atoms with van der Waals surface area (Å²) >= 11 is 3.45. The Labute approximate surface area is 119 Å². The van der Waals surface area contributed by atoms with Crippen LogP contribution in [0.25, 0.3) is 0 Å². The number of halogens is 1. The highest BCUT2D eigenvalue weighted by Gasteiger charge is 2.30. The number of carbonyl (C=O) groups excluding carboxylic acids is 1. The number of nitrogens with one attached hydrogen (secondary N) is 1. The van der Waals surface area contributed by atoms with Gasteiger partial charge in [0.2, 0.25) is 5.91 Å². The van der Waals surface area contributed by atoms with Crippen LogP contribution in [0.15, 0.2) is 41.0 Å². The summed E-state index contributed by atoms with van der Waals surface area (Å²) in [5, 5.41) is 7.20. The molecule has 1 saturated carbocycles. The summed E-state index contributed by atoms with van der Waals surface area (Å²) in [6.45, 7) is 0.646. The highest BCUT2D eigenvalue weighted by atomic mass is 79.9. The number of rotatable bonds is 4. The fraction of sp³-hybridized carbons (Fsp3) is 0.286. The SMILES string of the molecule is O=C(Nc1ccnn1Cc1cccc(Br)c1)C1CC1. The minimum Gasteiger partial charge on any atom is -0.311 e. The van der Waals surface area contributed by atoms with Gasteiger partial charge < -0.3 is 5.32 Å². The average molecular weight is 320 g/mol. The highest BCUT2D eigenvalue weighted by molar-refractivity contribution is 9.10. The van der Waals surface area contributed by atoms with Gasteiger partial charge in [0, 0.05) is 16.5 Å². The van der Waals surface area contributed by atoms with Crippen LogP contribution in [0.5, 0.6) is 0 Å². The number of carbonyl (C=O) groups is 1. The summed E-state index contributed by atoms with van der Waals surface area (Å²) < 4.78 is 2.85. The zero-order valence-corrected chi connectivity index (χ0v) is 11.9. The molecular weight excluding hydrogens is 306 g/mol. The van der Waals surface area contributed by atoms with Gasteiger partial charge in [-0.25, -0.2) is 4.68 Å². The fourth-order valence-corrected chi connectivity index (χ4v) is 2.39. The minimum absolute atomic E-state index is 0.107. The molecule has 0 saturated heterocycles. The van der Waals surface area contributed by atoms with E-state index in [0.29, 0.717) is 6.54 Å². The molecule has 1 fully saturated rings. The Morgan fingerprint density at radius 3 is 3.00 bits per heavy atom. The Kier molecular flexibility index (Phi) is 3.38. The Morgan fingerprint density at radius 2 is 2.26 bits per heavy atom. The van der Waals surface area contributed by atoms with E-state index in [0.717, 1.165) is 28.7 Å². The molecule has 1 aliphatic carbocycles. The average Bonchev–Trinajstić information content (AvgIpc) is 3.14. The second-order valence-electron chi connectivity index (χ2n) is 4.77. The van der Waals surface area contributed by atoms with E-state index in [4.69, 9.17) is 0 Å². The normalized spacial score (nSPS) is 14.4. The van der Waals surface area contributed by atoms with Crippen LogP contribution in [0.3, 0.4) is 0 Å². The predicted molar refractivity (Wildman–Crippen MR) is 76.8 cm³/mol. The number of hydrogen-bond acceptors (Lipinski definition) is 2. The van der Waals surface area contributed by atoms with Crippen molar-refractivity contribution in [2.24, 2.45) is 5.92 Å². The van der Waals surface area contributed by atoms with Crippen LogP contribution in [-0.4, -0.2) is 15.7 Å². The lowest BCUT2D eigenvalue weighted by atomic mass is 10.2. The van der Waals surface area contributed by atoms with Crippen LogP contribution < -0.4 is 5.32 Å². The maximum Gasteiger partial charge on any atom is 0.228 e. The first-order valence-corrected chi connectivity index (χ1v) is 7.09. The lowest BCUT2D eigenvalue weighted by molar-refractivity contribution is -0.117. The lowest BCUT2D eigenvalue weighted by Gasteiger charge is -2.09. The van der Waals surface area contributed by atoms with Gasteiger partial charge in [0.15, 0.2) is 0 Å². The molecule has 0 atom stereocenters. The number of nitrogens with zero attached hydrogens (tertiary/aromatic N) is 2. The van der Waals surface area contributed by atoms with Gasteiger partial charge in [-0.1, -0.05) is 28.1 Å². The first kappa shape index (κ1) is 12.4. The van der Waals surface area contributed by atoms with Gasteiger partial charge in [-0.3, -0.25) is 4.79 Å².